The molecule has 0 aliphatic heterocycles. The Morgan fingerprint density at radius 2 is 2.10 bits per heavy atom. The predicted molar refractivity (Wildman–Crippen MR) is 62.2 cm³/mol. The van der Waals surface area contributed by atoms with Crippen LogP contribution in [0.4, 0.5) is 13.2 Å². The Balaban J connectivity index is 2.27. The first-order chi connectivity index (χ1) is 9.27. The fourth-order valence-electron chi connectivity index (χ4n) is 1.28. The lowest BCUT2D eigenvalue weighted by atomic mass is 10.2. The van der Waals surface area contributed by atoms with Gasteiger partial charge >= 0.3 is 12.1 Å². The standard InChI is InChI=1S/C10H5BrF3N3O3/c11-7-2-1-5(3-6(7)10(12,13)14)20-17-4-8(9(18)19)15-16-17/h1-4H,(H,18,19). The highest BCUT2D eigenvalue weighted by Gasteiger charge is 2.33. The number of nitrogens with zero attached hydrogens (tertiary/aromatic N) is 3. The first-order valence-corrected chi connectivity index (χ1v) is 5.77. The number of rotatable bonds is 3. The van der Waals surface area contributed by atoms with Crippen LogP contribution in [0.1, 0.15) is 16.1 Å². The van der Waals surface area contributed by atoms with Crippen molar-refractivity contribution in [3.63, 3.8) is 0 Å². The third-order valence-electron chi connectivity index (χ3n) is 2.13. The monoisotopic (exact) mass is 351 g/mol. The molecule has 10 heteroatoms. The van der Waals surface area contributed by atoms with Crippen LogP contribution in [0.2, 0.25) is 0 Å². The number of carboxylic acid groups (broad SMARTS) is 1. The maximum atomic E-state index is 12.7. The molecule has 0 aliphatic rings. The predicted octanol–water partition coefficient (Wildman–Crippen LogP) is 2.60. The molecule has 0 aliphatic carbocycles. The lowest BCUT2D eigenvalue weighted by molar-refractivity contribution is -0.138. The molecular formula is C10H5BrF3N3O3. The molecule has 1 aromatic carbocycles. The molecule has 20 heavy (non-hydrogen) atoms. The van der Waals surface area contributed by atoms with Gasteiger partial charge in [-0.2, -0.15) is 13.2 Å². The first-order valence-electron chi connectivity index (χ1n) is 4.98. The van der Waals surface area contributed by atoms with Gasteiger partial charge in [-0.05, 0) is 23.4 Å². The van der Waals surface area contributed by atoms with Crippen LogP contribution >= 0.6 is 15.9 Å². The van der Waals surface area contributed by atoms with Crippen molar-refractivity contribution in [3.05, 3.63) is 40.1 Å². The second kappa shape index (κ2) is 5.12. The van der Waals surface area contributed by atoms with Crippen LogP contribution in [0, 0.1) is 0 Å². The van der Waals surface area contributed by atoms with Crippen LogP contribution in [0.15, 0.2) is 28.9 Å². The molecule has 0 atom stereocenters. The molecule has 2 rings (SSSR count). The highest BCUT2D eigenvalue weighted by Crippen LogP contribution is 2.36. The zero-order chi connectivity index (χ0) is 14.9. The van der Waals surface area contributed by atoms with E-state index in [2.05, 4.69) is 26.2 Å². The first kappa shape index (κ1) is 14.3. The van der Waals surface area contributed by atoms with E-state index in [1.54, 1.807) is 0 Å². The summed E-state index contributed by atoms with van der Waals surface area (Å²) in [7, 11) is 0. The van der Waals surface area contributed by atoms with Gasteiger partial charge in [0.1, 0.15) is 6.20 Å². The van der Waals surface area contributed by atoms with Gasteiger partial charge in [-0.25, -0.2) is 4.79 Å². The van der Waals surface area contributed by atoms with E-state index in [0.717, 1.165) is 18.3 Å². The molecule has 2 aromatic rings. The Morgan fingerprint density at radius 1 is 1.40 bits per heavy atom. The minimum Gasteiger partial charge on any atom is -0.476 e. The van der Waals surface area contributed by atoms with Crippen molar-refractivity contribution in [2.45, 2.75) is 6.18 Å². The number of carboxylic acids is 1. The lowest BCUT2D eigenvalue weighted by Gasteiger charge is -2.10. The summed E-state index contributed by atoms with van der Waals surface area (Å²) in [5.74, 6) is -1.49. The van der Waals surface area contributed by atoms with E-state index in [-0.39, 0.29) is 10.2 Å². The molecule has 0 radical (unpaired) electrons. The Kier molecular flexibility index (Phi) is 3.66. The van der Waals surface area contributed by atoms with Gasteiger partial charge in [0.2, 0.25) is 0 Å². The zero-order valence-corrected chi connectivity index (χ0v) is 11.0. The largest absolute Gasteiger partial charge is 0.476 e. The number of halogens is 4. The van der Waals surface area contributed by atoms with Gasteiger partial charge in [0.15, 0.2) is 11.4 Å². The van der Waals surface area contributed by atoms with Crippen LogP contribution < -0.4 is 4.84 Å². The summed E-state index contributed by atoms with van der Waals surface area (Å²) in [6.45, 7) is 0. The minimum absolute atomic E-state index is 0.137. The average Bonchev–Trinajstić information content (AvgIpc) is 2.79. The van der Waals surface area contributed by atoms with E-state index < -0.39 is 23.4 Å². The van der Waals surface area contributed by atoms with E-state index in [0.29, 0.717) is 4.85 Å². The van der Waals surface area contributed by atoms with E-state index in [9.17, 15) is 18.0 Å². The minimum atomic E-state index is -4.55. The molecule has 0 bridgehead atoms. The van der Waals surface area contributed by atoms with Gasteiger partial charge in [0, 0.05) is 4.47 Å². The van der Waals surface area contributed by atoms with Gasteiger partial charge in [-0.1, -0.05) is 20.8 Å². The van der Waals surface area contributed by atoms with Crippen LogP contribution in [0.5, 0.6) is 5.75 Å². The summed E-state index contributed by atoms with van der Waals surface area (Å²) in [6.07, 6.45) is -3.62. The van der Waals surface area contributed by atoms with Gasteiger partial charge in [-0.3, -0.25) is 0 Å². The Labute approximate surface area is 117 Å². The summed E-state index contributed by atoms with van der Waals surface area (Å²) in [5.41, 5.74) is -1.31. The Morgan fingerprint density at radius 3 is 2.65 bits per heavy atom. The number of aromatic nitrogens is 3. The molecule has 0 unspecified atom stereocenters. The average molecular weight is 352 g/mol. The van der Waals surface area contributed by atoms with Gasteiger partial charge in [0.05, 0.1) is 5.56 Å². The summed E-state index contributed by atoms with van der Waals surface area (Å²) < 4.78 is 37.9. The fraction of sp³-hybridized carbons (Fsp3) is 0.100. The quantitative estimate of drug-likeness (QED) is 0.919. The van der Waals surface area contributed by atoms with Crippen molar-refractivity contribution in [2.75, 3.05) is 0 Å². The Hall–Kier alpha value is -2.10. The second-order valence-electron chi connectivity index (χ2n) is 3.54. The summed E-state index contributed by atoms with van der Waals surface area (Å²) >= 11 is 2.79. The highest BCUT2D eigenvalue weighted by molar-refractivity contribution is 9.10. The molecule has 0 fully saturated rings. The van der Waals surface area contributed by atoms with E-state index in [1.807, 2.05) is 0 Å². The van der Waals surface area contributed by atoms with E-state index >= 15 is 0 Å². The van der Waals surface area contributed by atoms with Crippen LogP contribution in [-0.4, -0.2) is 26.2 Å². The van der Waals surface area contributed by atoms with Crippen molar-refractivity contribution in [3.8, 4) is 5.75 Å². The van der Waals surface area contributed by atoms with Crippen molar-refractivity contribution < 1.29 is 27.9 Å². The lowest BCUT2D eigenvalue weighted by Crippen LogP contribution is -2.09. The van der Waals surface area contributed by atoms with Gasteiger partial charge < -0.3 is 9.94 Å². The normalized spacial score (nSPS) is 11.4. The molecule has 0 saturated carbocycles. The van der Waals surface area contributed by atoms with Crippen molar-refractivity contribution in [2.24, 2.45) is 0 Å². The highest BCUT2D eigenvalue weighted by atomic mass is 79.9. The molecule has 0 spiro atoms. The summed E-state index contributed by atoms with van der Waals surface area (Å²) in [4.78, 5) is 16.2. The van der Waals surface area contributed by atoms with Crippen molar-refractivity contribution in [1.29, 1.82) is 0 Å². The third kappa shape index (κ3) is 3.07. The zero-order valence-electron chi connectivity index (χ0n) is 9.43. The topological polar surface area (TPSA) is 77.2 Å². The number of aromatic carboxylic acids is 1. The van der Waals surface area contributed by atoms with Crippen molar-refractivity contribution >= 4 is 21.9 Å². The summed E-state index contributed by atoms with van der Waals surface area (Å²) in [6, 6.07) is 3.18. The fourth-order valence-corrected chi connectivity index (χ4v) is 1.75. The second-order valence-corrected chi connectivity index (χ2v) is 4.40. The molecule has 1 N–H and O–H groups in total. The van der Waals surface area contributed by atoms with Gasteiger partial charge in [-0.15, -0.1) is 5.10 Å². The number of benzene rings is 1. The maximum absolute atomic E-state index is 12.7. The maximum Gasteiger partial charge on any atom is 0.417 e. The molecule has 1 heterocycles. The molecule has 0 amide bonds. The third-order valence-corrected chi connectivity index (χ3v) is 2.83. The molecule has 106 valence electrons. The number of alkyl halides is 3. The molecule has 1 aromatic heterocycles. The van der Waals surface area contributed by atoms with Crippen LogP contribution in [0.25, 0.3) is 0 Å². The van der Waals surface area contributed by atoms with Gasteiger partial charge in [0.25, 0.3) is 0 Å². The molecule has 6 nitrogen and oxygen atoms in total. The number of hydrogen-bond acceptors (Lipinski definition) is 4. The number of hydrogen-bond donors (Lipinski definition) is 1. The Bertz CT molecular complexity index is 657. The molecule has 0 saturated heterocycles. The van der Waals surface area contributed by atoms with E-state index in [1.165, 1.54) is 6.07 Å². The molecular weight excluding hydrogens is 347 g/mol. The van der Waals surface area contributed by atoms with Crippen LogP contribution in [0.3, 0.4) is 0 Å². The van der Waals surface area contributed by atoms with Crippen LogP contribution in [-0.2, 0) is 6.18 Å². The smallest absolute Gasteiger partial charge is 0.417 e. The van der Waals surface area contributed by atoms with Crippen molar-refractivity contribution in [1.82, 2.24) is 15.2 Å². The van der Waals surface area contributed by atoms with E-state index in [4.69, 9.17) is 9.94 Å². The number of carbonyl (C=O) groups is 1. The SMILES string of the molecule is O=C(O)c1cn(Oc2ccc(Br)c(C(F)(F)F)c2)nn1. The summed E-state index contributed by atoms with van der Waals surface area (Å²) in [5, 5.41) is 15.2.